The van der Waals surface area contributed by atoms with E-state index in [0.717, 1.165) is 17.8 Å². The Morgan fingerprint density at radius 1 is 1.17 bits per heavy atom. The molecule has 0 atom stereocenters. The maximum absolute atomic E-state index is 12.8. The summed E-state index contributed by atoms with van der Waals surface area (Å²) in [5, 5.41) is 2.04. The van der Waals surface area contributed by atoms with Crippen LogP contribution in [0, 0.1) is 0 Å². The quantitative estimate of drug-likeness (QED) is 0.891. The zero-order chi connectivity index (χ0) is 17.0. The van der Waals surface area contributed by atoms with Crippen molar-refractivity contribution in [1.82, 2.24) is 0 Å². The zero-order valence-electron chi connectivity index (χ0n) is 12.2. The maximum atomic E-state index is 12.8. The van der Waals surface area contributed by atoms with Gasteiger partial charge in [0, 0.05) is 18.4 Å². The number of para-hydroxylation sites is 1. The topological polar surface area (TPSA) is 32.3 Å². The first-order valence-corrected chi connectivity index (χ1v) is 7.08. The van der Waals surface area contributed by atoms with Crippen LogP contribution in [0.4, 0.5) is 24.5 Å². The molecule has 0 aromatic heterocycles. The fourth-order valence-electron chi connectivity index (χ4n) is 2.01. The Labute approximate surface area is 136 Å². The van der Waals surface area contributed by atoms with Crippen LogP contribution in [-0.4, -0.2) is 19.5 Å². The van der Waals surface area contributed by atoms with Gasteiger partial charge < -0.3 is 10.2 Å². The maximum Gasteiger partial charge on any atom is 0.417 e. The van der Waals surface area contributed by atoms with Gasteiger partial charge in [-0.2, -0.15) is 13.2 Å². The molecule has 0 saturated carbocycles. The predicted octanol–water partition coefficient (Wildman–Crippen LogP) is 4.43. The molecule has 2 rings (SSSR count). The molecular weight excluding hydrogens is 329 g/mol. The molecule has 0 heterocycles. The zero-order valence-corrected chi connectivity index (χ0v) is 12.9. The van der Waals surface area contributed by atoms with Crippen LogP contribution in [0.1, 0.15) is 5.56 Å². The monoisotopic (exact) mass is 342 g/mol. The van der Waals surface area contributed by atoms with Crippen LogP contribution < -0.4 is 10.2 Å². The number of hydrogen-bond acceptors (Lipinski definition) is 2. The first-order chi connectivity index (χ1) is 10.8. The molecule has 122 valence electrons. The van der Waals surface area contributed by atoms with E-state index >= 15 is 0 Å². The average molecular weight is 343 g/mol. The van der Waals surface area contributed by atoms with Crippen molar-refractivity contribution in [3.05, 3.63) is 59.1 Å². The van der Waals surface area contributed by atoms with Gasteiger partial charge in [-0.3, -0.25) is 4.79 Å². The van der Waals surface area contributed by atoms with Crippen molar-refractivity contribution < 1.29 is 18.0 Å². The molecule has 0 aliphatic rings. The van der Waals surface area contributed by atoms with Gasteiger partial charge in [-0.25, -0.2) is 0 Å². The van der Waals surface area contributed by atoms with E-state index in [1.807, 2.05) is 30.3 Å². The van der Waals surface area contributed by atoms with Crippen molar-refractivity contribution in [2.24, 2.45) is 0 Å². The number of hydrogen-bond donors (Lipinski definition) is 1. The second-order valence-electron chi connectivity index (χ2n) is 4.93. The van der Waals surface area contributed by atoms with Crippen molar-refractivity contribution in [2.45, 2.75) is 6.18 Å². The molecule has 0 radical (unpaired) electrons. The lowest BCUT2D eigenvalue weighted by Gasteiger charge is -2.19. The predicted molar refractivity (Wildman–Crippen MR) is 84.8 cm³/mol. The highest BCUT2D eigenvalue weighted by Gasteiger charge is 2.33. The molecule has 0 aliphatic carbocycles. The lowest BCUT2D eigenvalue weighted by atomic mass is 10.2. The summed E-state index contributed by atoms with van der Waals surface area (Å²) in [6, 6.07) is 12.4. The van der Waals surface area contributed by atoms with Crippen molar-refractivity contribution >= 4 is 28.9 Å². The van der Waals surface area contributed by atoms with Crippen LogP contribution in [0.3, 0.4) is 0 Å². The summed E-state index contributed by atoms with van der Waals surface area (Å²) in [4.78, 5) is 13.7. The minimum atomic E-state index is -4.57. The van der Waals surface area contributed by atoms with Gasteiger partial charge in [-0.05, 0) is 30.3 Å². The molecule has 0 bridgehead atoms. The molecule has 23 heavy (non-hydrogen) atoms. The molecule has 2 aromatic carbocycles. The molecule has 1 amide bonds. The Hall–Kier alpha value is -2.21. The Balaban J connectivity index is 2.06. The van der Waals surface area contributed by atoms with Crippen LogP contribution in [-0.2, 0) is 11.0 Å². The molecule has 0 aliphatic heterocycles. The Kier molecular flexibility index (Phi) is 5.15. The molecule has 0 unspecified atom stereocenters. The van der Waals surface area contributed by atoms with E-state index in [0.29, 0.717) is 0 Å². The largest absolute Gasteiger partial charge is 0.417 e. The summed E-state index contributed by atoms with van der Waals surface area (Å²) in [5.74, 6) is -0.424. The molecule has 0 fully saturated rings. The number of halogens is 4. The summed E-state index contributed by atoms with van der Waals surface area (Å²) in [6.07, 6.45) is -4.57. The number of rotatable bonds is 4. The molecule has 7 heteroatoms. The fraction of sp³-hybridized carbons (Fsp3) is 0.188. The van der Waals surface area contributed by atoms with E-state index in [1.54, 1.807) is 11.9 Å². The third kappa shape index (κ3) is 4.63. The van der Waals surface area contributed by atoms with Crippen LogP contribution in [0.15, 0.2) is 48.5 Å². The number of anilines is 2. The first kappa shape index (κ1) is 17.1. The number of nitrogens with zero attached hydrogens (tertiary/aromatic N) is 1. The molecule has 1 N–H and O–H groups in total. The van der Waals surface area contributed by atoms with E-state index in [-0.39, 0.29) is 12.2 Å². The summed E-state index contributed by atoms with van der Waals surface area (Å²) in [5.41, 5.74) is -0.101. The summed E-state index contributed by atoms with van der Waals surface area (Å²) < 4.78 is 38.4. The van der Waals surface area contributed by atoms with Crippen molar-refractivity contribution in [2.75, 3.05) is 23.8 Å². The second-order valence-corrected chi connectivity index (χ2v) is 5.34. The van der Waals surface area contributed by atoms with E-state index in [1.165, 1.54) is 6.07 Å². The van der Waals surface area contributed by atoms with Gasteiger partial charge in [-0.15, -0.1) is 0 Å². The number of amides is 1. The number of carbonyl (C=O) groups is 1. The smallest absolute Gasteiger partial charge is 0.365 e. The molecule has 3 nitrogen and oxygen atoms in total. The summed E-state index contributed by atoms with van der Waals surface area (Å²) in [7, 11) is 1.72. The highest BCUT2D eigenvalue weighted by Crippen LogP contribution is 2.36. The van der Waals surface area contributed by atoms with Crippen molar-refractivity contribution in [1.29, 1.82) is 0 Å². The van der Waals surface area contributed by atoms with Gasteiger partial charge in [0.2, 0.25) is 5.91 Å². The van der Waals surface area contributed by atoms with Gasteiger partial charge >= 0.3 is 6.18 Å². The molecule has 0 saturated heterocycles. The summed E-state index contributed by atoms with van der Waals surface area (Å²) in [6.45, 7) is 0.00793. The van der Waals surface area contributed by atoms with E-state index < -0.39 is 22.7 Å². The Morgan fingerprint density at radius 2 is 1.83 bits per heavy atom. The van der Waals surface area contributed by atoms with Gasteiger partial charge in [0.05, 0.1) is 17.1 Å². The molecule has 0 spiro atoms. The summed E-state index contributed by atoms with van der Waals surface area (Å²) >= 11 is 5.54. The van der Waals surface area contributed by atoms with Crippen LogP contribution in [0.2, 0.25) is 5.02 Å². The third-order valence-electron chi connectivity index (χ3n) is 3.13. The van der Waals surface area contributed by atoms with E-state index in [2.05, 4.69) is 5.32 Å². The van der Waals surface area contributed by atoms with Gasteiger partial charge in [0.15, 0.2) is 0 Å². The number of likely N-dealkylation sites (N-methyl/N-ethyl adjacent to an activating group) is 1. The number of carbonyl (C=O) groups excluding carboxylic acids is 1. The minimum absolute atomic E-state index is 0.00793. The third-order valence-corrected chi connectivity index (χ3v) is 3.46. The van der Waals surface area contributed by atoms with Crippen LogP contribution in [0.25, 0.3) is 0 Å². The average Bonchev–Trinajstić information content (AvgIpc) is 2.49. The van der Waals surface area contributed by atoms with Gasteiger partial charge in [-0.1, -0.05) is 29.8 Å². The van der Waals surface area contributed by atoms with Crippen molar-refractivity contribution in [3.8, 4) is 0 Å². The van der Waals surface area contributed by atoms with Gasteiger partial charge in [0.25, 0.3) is 0 Å². The van der Waals surface area contributed by atoms with E-state index in [9.17, 15) is 18.0 Å². The number of alkyl halides is 3. The van der Waals surface area contributed by atoms with E-state index in [4.69, 9.17) is 11.6 Å². The van der Waals surface area contributed by atoms with Gasteiger partial charge in [0.1, 0.15) is 0 Å². The highest BCUT2D eigenvalue weighted by atomic mass is 35.5. The Bertz CT molecular complexity index is 689. The molecular formula is C16H14ClF3N2O. The number of benzene rings is 2. The number of nitrogens with one attached hydrogen (secondary N) is 1. The SMILES string of the molecule is CN(CC(=O)Nc1ccc(Cl)c(C(F)(F)F)c1)c1ccccc1. The van der Waals surface area contributed by atoms with Crippen LogP contribution in [0.5, 0.6) is 0 Å². The minimum Gasteiger partial charge on any atom is -0.365 e. The van der Waals surface area contributed by atoms with Crippen LogP contribution >= 0.6 is 11.6 Å². The lowest BCUT2D eigenvalue weighted by Crippen LogP contribution is -2.30. The Morgan fingerprint density at radius 3 is 2.43 bits per heavy atom. The standard InChI is InChI=1S/C16H14ClF3N2O/c1-22(12-5-3-2-4-6-12)10-15(23)21-11-7-8-14(17)13(9-11)16(18,19)20/h2-9H,10H2,1H3,(H,21,23). The first-order valence-electron chi connectivity index (χ1n) is 6.70. The van der Waals surface area contributed by atoms with Crippen molar-refractivity contribution in [3.63, 3.8) is 0 Å². The molecule has 2 aromatic rings. The lowest BCUT2D eigenvalue weighted by molar-refractivity contribution is -0.137. The second kappa shape index (κ2) is 6.91. The highest BCUT2D eigenvalue weighted by molar-refractivity contribution is 6.31. The normalized spacial score (nSPS) is 11.2. The fourth-order valence-corrected chi connectivity index (χ4v) is 2.23.